The van der Waals surface area contributed by atoms with E-state index in [4.69, 9.17) is 21.1 Å². The van der Waals surface area contributed by atoms with E-state index in [9.17, 15) is 14.4 Å². The van der Waals surface area contributed by atoms with Gasteiger partial charge in [-0.2, -0.15) is 0 Å². The van der Waals surface area contributed by atoms with Crippen LogP contribution in [0, 0.1) is 0 Å². The SMILES string of the molecule is COC(=O)c1ccc2[nH]cc(C(=O)COC(=O)c3cn(-c4cccc(Cl)c4)cn3)c2c1. The molecule has 0 atom stereocenters. The van der Waals surface area contributed by atoms with Gasteiger partial charge in [-0.3, -0.25) is 4.79 Å². The van der Waals surface area contributed by atoms with E-state index in [1.165, 1.54) is 25.8 Å². The molecule has 31 heavy (non-hydrogen) atoms. The van der Waals surface area contributed by atoms with Gasteiger partial charge in [-0.25, -0.2) is 14.6 Å². The van der Waals surface area contributed by atoms with Gasteiger partial charge in [-0.1, -0.05) is 17.7 Å². The van der Waals surface area contributed by atoms with Gasteiger partial charge in [-0.15, -0.1) is 0 Å². The highest BCUT2D eigenvalue weighted by Crippen LogP contribution is 2.21. The van der Waals surface area contributed by atoms with E-state index in [-0.39, 0.29) is 5.69 Å². The number of Topliss-reactive ketones (excluding diaryl/α,β-unsaturated/α-hetero) is 1. The first kappa shape index (κ1) is 20.4. The van der Waals surface area contributed by atoms with Crippen LogP contribution in [0.4, 0.5) is 0 Å². The number of nitrogens with zero attached hydrogens (tertiary/aromatic N) is 2. The number of aromatic nitrogens is 3. The van der Waals surface area contributed by atoms with Gasteiger partial charge in [0.1, 0.15) is 6.33 Å². The molecule has 0 unspecified atom stereocenters. The number of carbonyl (C=O) groups excluding carboxylic acids is 3. The zero-order valence-corrected chi connectivity index (χ0v) is 17.1. The van der Waals surface area contributed by atoms with Gasteiger partial charge in [0.25, 0.3) is 0 Å². The Morgan fingerprint density at radius 2 is 1.97 bits per heavy atom. The maximum absolute atomic E-state index is 12.6. The third-order valence-corrected chi connectivity index (χ3v) is 4.87. The van der Waals surface area contributed by atoms with Gasteiger partial charge in [0.05, 0.1) is 12.7 Å². The van der Waals surface area contributed by atoms with Crippen molar-refractivity contribution in [1.82, 2.24) is 14.5 Å². The quantitative estimate of drug-likeness (QED) is 0.363. The summed E-state index contributed by atoms with van der Waals surface area (Å²) >= 11 is 5.98. The number of H-pyrrole nitrogens is 1. The first-order chi connectivity index (χ1) is 15.0. The third kappa shape index (κ3) is 4.19. The maximum atomic E-state index is 12.6. The van der Waals surface area contributed by atoms with E-state index in [1.54, 1.807) is 41.0 Å². The minimum atomic E-state index is -0.732. The first-order valence-electron chi connectivity index (χ1n) is 9.16. The average molecular weight is 438 g/mol. The van der Waals surface area contributed by atoms with Crippen LogP contribution in [0.25, 0.3) is 16.6 Å². The number of ether oxygens (including phenoxy) is 2. The molecule has 4 rings (SSSR count). The Morgan fingerprint density at radius 3 is 2.74 bits per heavy atom. The number of hydrogen-bond acceptors (Lipinski definition) is 6. The molecule has 0 fully saturated rings. The molecule has 0 bridgehead atoms. The highest BCUT2D eigenvalue weighted by Gasteiger charge is 2.18. The molecule has 2 aromatic heterocycles. The smallest absolute Gasteiger partial charge is 0.358 e. The van der Waals surface area contributed by atoms with E-state index in [0.717, 1.165) is 5.69 Å². The number of nitrogens with one attached hydrogen (secondary N) is 1. The van der Waals surface area contributed by atoms with Crippen LogP contribution in [0.3, 0.4) is 0 Å². The van der Waals surface area contributed by atoms with Crippen molar-refractivity contribution in [3.8, 4) is 5.69 Å². The Morgan fingerprint density at radius 1 is 1.13 bits per heavy atom. The summed E-state index contributed by atoms with van der Waals surface area (Å²) in [6, 6.07) is 11.9. The third-order valence-electron chi connectivity index (χ3n) is 4.64. The molecule has 2 aromatic carbocycles. The molecule has 156 valence electrons. The van der Waals surface area contributed by atoms with Crippen molar-refractivity contribution in [1.29, 1.82) is 0 Å². The summed E-state index contributed by atoms with van der Waals surface area (Å²) in [6.45, 7) is -0.474. The van der Waals surface area contributed by atoms with Crippen LogP contribution in [-0.4, -0.2) is 46.0 Å². The lowest BCUT2D eigenvalue weighted by Crippen LogP contribution is -2.14. The molecule has 8 nitrogen and oxygen atoms in total. The van der Waals surface area contributed by atoms with Gasteiger partial charge in [-0.05, 0) is 36.4 Å². The number of hydrogen-bond donors (Lipinski definition) is 1. The summed E-state index contributed by atoms with van der Waals surface area (Å²) in [5.74, 6) is -1.66. The fourth-order valence-corrected chi connectivity index (χ4v) is 3.27. The molecule has 9 heteroatoms. The summed E-state index contributed by atoms with van der Waals surface area (Å²) in [6.07, 6.45) is 4.46. The number of benzene rings is 2. The lowest BCUT2D eigenvalue weighted by Gasteiger charge is -2.03. The van der Waals surface area contributed by atoms with Gasteiger partial charge in [0, 0.05) is 39.6 Å². The van der Waals surface area contributed by atoms with Gasteiger partial charge in [0.15, 0.2) is 12.3 Å². The second-order valence-electron chi connectivity index (χ2n) is 6.60. The number of aromatic amines is 1. The minimum Gasteiger partial charge on any atom is -0.465 e. The molecular formula is C22H16ClN3O5. The van der Waals surface area contributed by atoms with Gasteiger partial charge < -0.3 is 19.0 Å². The number of rotatable bonds is 6. The molecule has 1 N–H and O–H groups in total. The molecule has 0 saturated carbocycles. The van der Waals surface area contributed by atoms with Gasteiger partial charge in [0.2, 0.25) is 5.78 Å². The fourth-order valence-electron chi connectivity index (χ4n) is 3.09. The van der Waals surface area contributed by atoms with Crippen LogP contribution < -0.4 is 0 Å². The largest absolute Gasteiger partial charge is 0.465 e. The monoisotopic (exact) mass is 437 g/mol. The summed E-state index contributed by atoms with van der Waals surface area (Å²) in [5, 5.41) is 1.09. The first-order valence-corrected chi connectivity index (χ1v) is 9.54. The molecular weight excluding hydrogens is 422 g/mol. The number of fused-ring (bicyclic) bond motifs is 1. The number of ketones is 1. The average Bonchev–Trinajstić information content (AvgIpc) is 3.44. The van der Waals surface area contributed by atoms with Crippen molar-refractivity contribution in [2.75, 3.05) is 13.7 Å². The number of esters is 2. The van der Waals surface area contributed by atoms with Crippen LogP contribution in [-0.2, 0) is 9.47 Å². The minimum absolute atomic E-state index is 0.0553. The summed E-state index contributed by atoms with van der Waals surface area (Å²) < 4.78 is 11.5. The second kappa shape index (κ2) is 8.45. The number of halogens is 1. The van der Waals surface area contributed by atoms with Crippen molar-refractivity contribution < 1.29 is 23.9 Å². The molecule has 0 aliphatic heterocycles. The highest BCUT2D eigenvalue weighted by atomic mass is 35.5. The molecule has 4 aromatic rings. The van der Waals surface area contributed by atoms with Crippen LogP contribution in [0.15, 0.2) is 61.2 Å². The predicted molar refractivity (Wildman–Crippen MR) is 113 cm³/mol. The van der Waals surface area contributed by atoms with E-state index in [0.29, 0.717) is 27.1 Å². The Balaban J connectivity index is 1.46. The fraction of sp³-hybridized carbons (Fsp3) is 0.0909. The maximum Gasteiger partial charge on any atom is 0.358 e. The van der Waals surface area contributed by atoms with Crippen LogP contribution in [0.5, 0.6) is 0 Å². The van der Waals surface area contributed by atoms with E-state index in [2.05, 4.69) is 9.97 Å². The molecule has 0 radical (unpaired) electrons. The van der Waals surface area contributed by atoms with Crippen molar-refractivity contribution >= 4 is 40.2 Å². The number of imidazole rings is 1. The van der Waals surface area contributed by atoms with Crippen LogP contribution >= 0.6 is 11.6 Å². The summed E-state index contributed by atoms with van der Waals surface area (Å²) in [7, 11) is 1.28. The normalized spacial score (nSPS) is 10.8. The van der Waals surface area contributed by atoms with Crippen LogP contribution in [0.2, 0.25) is 5.02 Å². The zero-order valence-electron chi connectivity index (χ0n) is 16.3. The molecule has 2 heterocycles. The number of methoxy groups -OCH3 is 1. The molecule has 0 aliphatic carbocycles. The zero-order chi connectivity index (χ0) is 22.0. The van der Waals surface area contributed by atoms with Crippen molar-refractivity contribution in [3.63, 3.8) is 0 Å². The summed E-state index contributed by atoms with van der Waals surface area (Å²) in [4.78, 5) is 43.7. The second-order valence-corrected chi connectivity index (χ2v) is 7.04. The standard InChI is InChI=1S/C22H16ClN3O5/c1-30-21(28)13-5-6-18-16(7-13)17(9-24-18)20(27)11-31-22(29)19-10-26(12-25-19)15-4-2-3-14(23)8-15/h2-10,12,24H,11H2,1H3. The Hall–Kier alpha value is -3.91. The number of carbonyl (C=O) groups is 3. The lowest BCUT2D eigenvalue weighted by molar-refractivity contribution is 0.0469. The topological polar surface area (TPSA) is 103 Å². The Labute approximate surface area is 181 Å². The van der Waals surface area contributed by atoms with Crippen LogP contribution in [0.1, 0.15) is 31.2 Å². The van der Waals surface area contributed by atoms with E-state index in [1.807, 2.05) is 6.07 Å². The Kier molecular flexibility index (Phi) is 5.55. The predicted octanol–water partition coefficient (Wildman–Crippen LogP) is 3.83. The molecule has 0 spiro atoms. The van der Waals surface area contributed by atoms with E-state index >= 15 is 0 Å². The van der Waals surface area contributed by atoms with Gasteiger partial charge >= 0.3 is 11.9 Å². The highest BCUT2D eigenvalue weighted by molar-refractivity contribution is 6.30. The van der Waals surface area contributed by atoms with Crippen molar-refractivity contribution in [2.45, 2.75) is 0 Å². The molecule has 0 saturated heterocycles. The van der Waals surface area contributed by atoms with Crippen molar-refractivity contribution in [3.05, 3.63) is 83.0 Å². The molecule has 0 aliphatic rings. The summed E-state index contributed by atoms with van der Waals surface area (Å²) in [5.41, 5.74) is 2.07. The van der Waals surface area contributed by atoms with E-state index < -0.39 is 24.3 Å². The van der Waals surface area contributed by atoms with Crippen molar-refractivity contribution in [2.24, 2.45) is 0 Å². The molecule has 0 amide bonds. The lowest BCUT2D eigenvalue weighted by atomic mass is 10.1. The Bertz CT molecular complexity index is 1310.